The number of benzene rings is 2. The summed E-state index contributed by atoms with van der Waals surface area (Å²) in [5.74, 6) is 1.50. The Morgan fingerprint density at radius 3 is 2.74 bits per heavy atom. The van der Waals surface area contributed by atoms with E-state index >= 15 is 0 Å². The van der Waals surface area contributed by atoms with Crippen LogP contribution >= 0.6 is 23.5 Å². The molecular weight excluding hydrogens is 430 g/mol. The summed E-state index contributed by atoms with van der Waals surface area (Å²) in [6.07, 6.45) is 0.770. The topological polar surface area (TPSA) is 73.2 Å². The van der Waals surface area contributed by atoms with E-state index in [1.807, 2.05) is 38.1 Å². The van der Waals surface area contributed by atoms with Crippen LogP contribution in [0.3, 0.4) is 0 Å². The lowest BCUT2D eigenvalue weighted by Crippen LogP contribution is -2.25. The minimum absolute atomic E-state index is 0.0618. The van der Waals surface area contributed by atoms with Crippen LogP contribution in [0, 0.1) is 13.8 Å². The van der Waals surface area contributed by atoms with Crippen molar-refractivity contribution in [2.45, 2.75) is 30.3 Å². The van der Waals surface area contributed by atoms with Gasteiger partial charge in [0.1, 0.15) is 5.75 Å². The average molecular weight is 454 g/mol. The van der Waals surface area contributed by atoms with Crippen molar-refractivity contribution in [1.82, 2.24) is 9.55 Å². The van der Waals surface area contributed by atoms with E-state index in [0.717, 1.165) is 34.7 Å². The second-order valence-corrected chi connectivity index (χ2v) is 9.37. The molecule has 1 aliphatic rings. The third kappa shape index (κ3) is 4.80. The van der Waals surface area contributed by atoms with Gasteiger partial charge in [0, 0.05) is 23.9 Å². The van der Waals surface area contributed by atoms with Crippen LogP contribution in [0.1, 0.15) is 16.8 Å². The minimum atomic E-state index is -0.172. The maximum atomic E-state index is 13.3. The number of methoxy groups -OCH3 is 1. The first kappa shape index (κ1) is 21.5. The number of anilines is 1. The Bertz CT molecular complexity index is 1190. The van der Waals surface area contributed by atoms with Crippen LogP contribution in [-0.4, -0.2) is 34.1 Å². The molecule has 0 bridgehead atoms. The summed E-state index contributed by atoms with van der Waals surface area (Å²) in [5, 5.41) is 3.41. The van der Waals surface area contributed by atoms with Crippen LogP contribution in [0.2, 0.25) is 0 Å². The summed E-state index contributed by atoms with van der Waals surface area (Å²) in [6, 6.07) is 13.2. The second-order valence-electron chi connectivity index (χ2n) is 7.32. The Morgan fingerprint density at radius 1 is 1.23 bits per heavy atom. The Kier molecular flexibility index (Phi) is 6.38. The number of nitrogens with zero attached hydrogens (tertiary/aromatic N) is 2. The summed E-state index contributed by atoms with van der Waals surface area (Å²) in [5.41, 5.74) is 4.35. The van der Waals surface area contributed by atoms with Crippen LogP contribution in [0.15, 0.2) is 57.3 Å². The van der Waals surface area contributed by atoms with E-state index in [4.69, 9.17) is 9.72 Å². The van der Waals surface area contributed by atoms with E-state index in [0.29, 0.717) is 21.5 Å². The van der Waals surface area contributed by atoms with Gasteiger partial charge in [-0.2, -0.15) is 0 Å². The van der Waals surface area contributed by atoms with Gasteiger partial charge in [0.25, 0.3) is 5.56 Å². The highest BCUT2D eigenvalue weighted by atomic mass is 32.2. The molecule has 0 saturated heterocycles. The maximum Gasteiger partial charge on any atom is 0.272 e. The number of nitrogens with one attached hydrogen (secondary N) is 1. The summed E-state index contributed by atoms with van der Waals surface area (Å²) >= 11 is 2.82. The molecule has 160 valence electrons. The molecule has 8 heteroatoms. The van der Waals surface area contributed by atoms with Gasteiger partial charge in [-0.25, -0.2) is 4.98 Å². The zero-order chi connectivity index (χ0) is 22.0. The largest absolute Gasteiger partial charge is 0.497 e. The predicted octanol–water partition coefficient (Wildman–Crippen LogP) is 4.24. The number of hydrogen-bond donors (Lipinski definition) is 1. The Hall–Kier alpha value is -2.71. The monoisotopic (exact) mass is 453 g/mol. The van der Waals surface area contributed by atoms with Crippen molar-refractivity contribution in [2.75, 3.05) is 23.9 Å². The van der Waals surface area contributed by atoms with Crippen molar-refractivity contribution in [3.63, 3.8) is 0 Å². The molecule has 0 unspecified atom stereocenters. The molecule has 6 nitrogen and oxygen atoms in total. The molecule has 1 aromatic heterocycles. The molecule has 0 atom stereocenters. The van der Waals surface area contributed by atoms with Crippen molar-refractivity contribution in [3.05, 3.63) is 69.6 Å². The third-order valence-electron chi connectivity index (χ3n) is 4.82. The molecule has 1 amide bonds. The zero-order valence-corrected chi connectivity index (χ0v) is 19.2. The number of thioether (sulfide) groups is 2. The molecule has 3 aromatic rings. The molecule has 0 aliphatic carbocycles. The molecule has 0 saturated carbocycles. The smallest absolute Gasteiger partial charge is 0.272 e. The van der Waals surface area contributed by atoms with E-state index in [1.54, 1.807) is 35.6 Å². The van der Waals surface area contributed by atoms with Gasteiger partial charge in [-0.3, -0.25) is 14.2 Å². The molecule has 31 heavy (non-hydrogen) atoms. The molecule has 4 rings (SSSR count). The summed E-state index contributed by atoms with van der Waals surface area (Å²) in [7, 11) is 1.58. The molecule has 0 radical (unpaired) electrons. The van der Waals surface area contributed by atoms with Gasteiger partial charge in [-0.05, 0) is 49.2 Å². The number of aryl methyl sites for hydroxylation is 3. The fourth-order valence-corrected chi connectivity index (χ4v) is 5.38. The van der Waals surface area contributed by atoms with E-state index in [-0.39, 0.29) is 17.2 Å². The van der Waals surface area contributed by atoms with Gasteiger partial charge >= 0.3 is 0 Å². The van der Waals surface area contributed by atoms with Gasteiger partial charge in [-0.15, -0.1) is 11.8 Å². The highest BCUT2D eigenvalue weighted by molar-refractivity contribution is 8.00. The Balaban J connectivity index is 1.62. The van der Waals surface area contributed by atoms with Crippen molar-refractivity contribution >= 4 is 35.1 Å². The number of rotatable bonds is 6. The van der Waals surface area contributed by atoms with Crippen molar-refractivity contribution in [2.24, 2.45) is 0 Å². The van der Waals surface area contributed by atoms with Gasteiger partial charge in [0.15, 0.2) is 5.16 Å². The number of ether oxygens (including phenoxy) is 1. The number of carbonyl (C=O) groups excluding carboxylic acids is 1. The zero-order valence-electron chi connectivity index (χ0n) is 17.6. The van der Waals surface area contributed by atoms with Crippen molar-refractivity contribution in [1.29, 1.82) is 0 Å². The summed E-state index contributed by atoms with van der Waals surface area (Å²) in [6.45, 7) is 4.01. The normalized spacial score (nSPS) is 12.5. The standard InChI is InChI=1S/C23H23N3O3S2/c1-14-9-15(2)11-17(10-14)26-22(28)21-19(7-8-30-21)25-23(26)31-13-20(27)24-16-5-4-6-18(12-16)29-3/h4-6,9-12H,7-8,13H2,1-3H3,(H,24,27). The van der Waals surface area contributed by atoms with Crippen LogP contribution in [0.5, 0.6) is 5.75 Å². The quantitative estimate of drug-likeness (QED) is 0.445. The second kappa shape index (κ2) is 9.20. The Morgan fingerprint density at radius 2 is 2.00 bits per heavy atom. The fraction of sp³-hybridized carbons (Fsp3) is 0.261. The highest BCUT2D eigenvalue weighted by Gasteiger charge is 2.23. The first-order valence-electron chi connectivity index (χ1n) is 9.88. The van der Waals surface area contributed by atoms with Crippen LogP contribution < -0.4 is 15.6 Å². The first-order valence-corrected chi connectivity index (χ1v) is 11.9. The van der Waals surface area contributed by atoms with Crippen LogP contribution in [-0.2, 0) is 11.2 Å². The highest BCUT2D eigenvalue weighted by Crippen LogP contribution is 2.30. The lowest BCUT2D eigenvalue weighted by Gasteiger charge is -2.15. The van der Waals surface area contributed by atoms with E-state index < -0.39 is 0 Å². The average Bonchev–Trinajstić information content (AvgIpc) is 3.20. The van der Waals surface area contributed by atoms with Crippen LogP contribution in [0.25, 0.3) is 5.69 Å². The van der Waals surface area contributed by atoms with Gasteiger partial charge in [-0.1, -0.05) is 23.9 Å². The molecule has 1 N–H and O–H groups in total. The Labute approximate surface area is 189 Å². The first-order chi connectivity index (χ1) is 14.9. The lowest BCUT2D eigenvalue weighted by atomic mass is 10.1. The minimum Gasteiger partial charge on any atom is -0.497 e. The van der Waals surface area contributed by atoms with E-state index in [9.17, 15) is 9.59 Å². The molecular formula is C23H23N3O3S2. The van der Waals surface area contributed by atoms with Crippen molar-refractivity contribution in [3.8, 4) is 11.4 Å². The molecule has 2 aromatic carbocycles. The predicted molar refractivity (Wildman–Crippen MR) is 126 cm³/mol. The molecule has 0 fully saturated rings. The van der Waals surface area contributed by atoms with E-state index in [1.165, 1.54) is 11.8 Å². The molecule has 1 aliphatic heterocycles. The number of aromatic nitrogens is 2. The summed E-state index contributed by atoms with van der Waals surface area (Å²) < 4.78 is 6.84. The fourth-order valence-electron chi connectivity index (χ4n) is 3.52. The number of amides is 1. The number of carbonyl (C=O) groups is 1. The van der Waals surface area contributed by atoms with Crippen LogP contribution in [0.4, 0.5) is 5.69 Å². The SMILES string of the molecule is COc1cccc(NC(=O)CSc2nc3c(c(=O)n2-c2cc(C)cc(C)c2)SCC3)c1. The number of fused-ring (bicyclic) bond motifs is 1. The number of hydrogen-bond acceptors (Lipinski definition) is 6. The van der Waals surface area contributed by atoms with Crippen molar-refractivity contribution < 1.29 is 9.53 Å². The molecule has 0 spiro atoms. The van der Waals surface area contributed by atoms with Gasteiger partial charge < -0.3 is 10.1 Å². The lowest BCUT2D eigenvalue weighted by molar-refractivity contribution is -0.113. The molecule has 2 heterocycles. The van der Waals surface area contributed by atoms with Gasteiger partial charge in [0.2, 0.25) is 5.91 Å². The van der Waals surface area contributed by atoms with Gasteiger partial charge in [0.05, 0.1) is 29.1 Å². The van der Waals surface area contributed by atoms with E-state index in [2.05, 4.69) is 11.4 Å². The summed E-state index contributed by atoms with van der Waals surface area (Å²) in [4.78, 5) is 31.3. The maximum absolute atomic E-state index is 13.3. The third-order valence-corrected chi connectivity index (χ3v) is 6.86.